The molecule has 0 N–H and O–H groups in total. The predicted molar refractivity (Wildman–Crippen MR) is 110 cm³/mol. The Balaban J connectivity index is 1.67. The minimum absolute atomic E-state index is 0.460. The Bertz CT molecular complexity index is 722. The van der Waals surface area contributed by atoms with E-state index < -0.39 is 0 Å². The van der Waals surface area contributed by atoms with Crippen molar-refractivity contribution in [2.24, 2.45) is 0 Å². The number of hydrogen-bond donors (Lipinski definition) is 0. The Morgan fingerprint density at radius 2 is 1.67 bits per heavy atom. The van der Waals surface area contributed by atoms with Gasteiger partial charge in [0.05, 0.1) is 20.3 Å². The van der Waals surface area contributed by atoms with Crippen LogP contribution < -0.4 is 14.2 Å². The van der Waals surface area contributed by atoms with E-state index >= 15 is 0 Å². The van der Waals surface area contributed by atoms with Crippen molar-refractivity contribution >= 4 is 6.08 Å². The lowest BCUT2D eigenvalue weighted by Gasteiger charge is -2.12. The van der Waals surface area contributed by atoms with Gasteiger partial charge < -0.3 is 18.9 Å². The smallest absolute Gasteiger partial charge is 0.161 e. The summed E-state index contributed by atoms with van der Waals surface area (Å²) in [4.78, 5) is 0. The van der Waals surface area contributed by atoms with Crippen molar-refractivity contribution in [3.63, 3.8) is 0 Å². The maximum atomic E-state index is 5.75. The summed E-state index contributed by atoms with van der Waals surface area (Å²) in [5.74, 6) is 2.81. The molecule has 0 saturated carbocycles. The van der Waals surface area contributed by atoms with Gasteiger partial charge in [-0.05, 0) is 48.2 Å². The third-order valence-electron chi connectivity index (χ3n) is 4.05. The van der Waals surface area contributed by atoms with E-state index in [1.165, 1.54) is 5.56 Å². The van der Waals surface area contributed by atoms with E-state index in [9.17, 15) is 0 Å². The number of benzene rings is 2. The molecule has 0 heterocycles. The molecule has 4 nitrogen and oxygen atoms in total. The molecular weight excluding hydrogens is 340 g/mol. The van der Waals surface area contributed by atoms with Crippen molar-refractivity contribution in [1.29, 1.82) is 0 Å². The lowest BCUT2D eigenvalue weighted by Crippen LogP contribution is -2.12. The third kappa shape index (κ3) is 6.99. The van der Waals surface area contributed by atoms with Crippen LogP contribution in [0.3, 0.4) is 0 Å². The van der Waals surface area contributed by atoms with E-state index in [1.807, 2.05) is 49.4 Å². The molecule has 0 spiro atoms. The molecule has 0 aliphatic rings. The first-order valence-electron chi connectivity index (χ1n) is 9.38. The summed E-state index contributed by atoms with van der Waals surface area (Å²) in [7, 11) is 1.64. The highest BCUT2D eigenvalue weighted by Crippen LogP contribution is 2.28. The molecule has 146 valence electrons. The van der Waals surface area contributed by atoms with Crippen molar-refractivity contribution < 1.29 is 18.9 Å². The van der Waals surface area contributed by atoms with Gasteiger partial charge in [0.2, 0.25) is 0 Å². The molecule has 2 aromatic rings. The second-order valence-corrected chi connectivity index (χ2v) is 6.45. The molecule has 2 rings (SSSR count). The summed E-state index contributed by atoms with van der Waals surface area (Å²) in [6.45, 7) is 8.32. The maximum absolute atomic E-state index is 5.75. The Hall–Kier alpha value is -2.46. The highest BCUT2D eigenvalue weighted by atomic mass is 16.6. The summed E-state index contributed by atoms with van der Waals surface area (Å²) in [6, 6.07) is 14.1. The van der Waals surface area contributed by atoms with Crippen LogP contribution in [0.1, 0.15) is 37.8 Å². The average Bonchev–Trinajstić information content (AvgIpc) is 2.68. The lowest BCUT2D eigenvalue weighted by atomic mass is 10.0. The fraction of sp³-hybridized carbons (Fsp3) is 0.391. The molecule has 0 aliphatic heterocycles. The highest BCUT2D eigenvalue weighted by Gasteiger charge is 2.05. The van der Waals surface area contributed by atoms with Crippen LogP contribution in [0.2, 0.25) is 0 Å². The number of hydrogen-bond acceptors (Lipinski definition) is 4. The zero-order chi connectivity index (χ0) is 19.5. The monoisotopic (exact) mass is 370 g/mol. The summed E-state index contributed by atoms with van der Waals surface area (Å²) in [5, 5.41) is 0. The van der Waals surface area contributed by atoms with Gasteiger partial charge in [-0.15, -0.1) is 0 Å². The van der Waals surface area contributed by atoms with Crippen molar-refractivity contribution in [2.45, 2.75) is 26.7 Å². The van der Waals surface area contributed by atoms with Crippen molar-refractivity contribution in [1.82, 2.24) is 0 Å². The molecule has 0 radical (unpaired) electrons. The van der Waals surface area contributed by atoms with Crippen molar-refractivity contribution in [3.05, 3.63) is 59.7 Å². The topological polar surface area (TPSA) is 36.9 Å². The molecule has 4 heteroatoms. The van der Waals surface area contributed by atoms with E-state index in [4.69, 9.17) is 18.9 Å². The molecule has 0 aliphatic carbocycles. The van der Waals surface area contributed by atoms with Gasteiger partial charge >= 0.3 is 0 Å². The van der Waals surface area contributed by atoms with Crippen LogP contribution in [0.25, 0.3) is 6.08 Å². The Kier molecular flexibility index (Phi) is 8.72. The number of methoxy groups -OCH3 is 1. The fourth-order valence-electron chi connectivity index (χ4n) is 2.59. The first-order chi connectivity index (χ1) is 13.1. The van der Waals surface area contributed by atoms with Gasteiger partial charge in [-0.25, -0.2) is 0 Å². The molecule has 0 amide bonds. The molecule has 0 aromatic heterocycles. The zero-order valence-corrected chi connectivity index (χ0v) is 16.7. The molecule has 0 bridgehead atoms. The van der Waals surface area contributed by atoms with Crippen molar-refractivity contribution in [3.8, 4) is 17.2 Å². The van der Waals surface area contributed by atoms with Crippen LogP contribution in [0.15, 0.2) is 48.5 Å². The van der Waals surface area contributed by atoms with Crippen LogP contribution in [-0.4, -0.2) is 33.5 Å². The summed E-state index contributed by atoms with van der Waals surface area (Å²) in [6.07, 6.45) is 4.01. The van der Waals surface area contributed by atoms with E-state index in [0.717, 1.165) is 22.8 Å². The first kappa shape index (κ1) is 20.8. The lowest BCUT2D eigenvalue weighted by molar-refractivity contribution is 0.0757. The van der Waals surface area contributed by atoms with Gasteiger partial charge in [0, 0.05) is 0 Å². The maximum Gasteiger partial charge on any atom is 0.161 e. The average molecular weight is 370 g/mol. The molecule has 0 fully saturated rings. The van der Waals surface area contributed by atoms with Crippen molar-refractivity contribution in [2.75, 3.05) is 33.5 Å². The van der Waals surface area contributed by atoms with Gasteiger partial charge in [-0.2, -0.15) is 0 Å². The standard InChI is InChI=1S/C23H30O4/c1-5-7-19-10-11-22(23(16-19)24-4)27-15-13-25-12-14-26-21-9-6-8-20(17-21)18(2)3/h5-11,16-18H,12-15H2,1-4H3. The minimum atomic E-state index is 0.460. The number of rotatable bonds is 11. The summed E-state index contributed by atoms with van der Waals surface area (Å²) < 4.78 is 22.5. The van der Waals surface area contributed by atoms with Gasteiger partial charge in [0.1, 0.15) is 19.0 Å². The van der Waals surface area contributed by atoms with Crippen LogP contribution in [-0.2, 0) is 4.74 Å². The number of ether oxygens (including phenoxy) is 4. The van der Waals surface area contributed by atoms with Crippen LogP contribution in [0, 0.1) is 0 Å². The largest absolute Gasteiger partial charge is 0.493 e. The van der Waals surface area contributed by atoms with E-state index in [1.54, 1.807) is 7.11 Å². The van der Waals surface area contributed by atoms with E-state index in [0.29, 0.717) is 32.3 Å². The number of allylic oxidation sites excluding steroid dienone is 1. The van der Waals surface area contributed by atoms with Gasteiger partial charge in [0.25, 0.3) is 0 Å². The first-order valence-corrected chi connectivity index (χ1v) is 9.38. The summed E-state index contributed by atoms with van der Waals surface area (Å²) in [5.41, 5.74) is 2.35. The minimum Gasteiger partial charge on any atom is -0.493 e. The van der Waals surface area contributed by atoms with Gasteiger partial charge in [-0.1, -0.05) is 44.2 Å². The van der Waals surface area contributed by atoms with Gasteiger partial charge in [-0.3, -0.25) is 0 Å². The highest BCUT2D eigenvalue weighted by molar-refractivity contribution is 5.55. The predicted octanol–water partition coefficient (Wildman–Crippen LogP) is 5.33. The summed E-state index contributed by atoms with van der Waals surface area (Å²) >= 11 is 0. The van der Waals surface area contributed by atoms with E-state index in [-0.39, 0.29) is 0 Å². The van der Waals surface area contributed by atoms with Gasteiger partial charge in [0.15, 0.2) is 11.5 Å². The molecular formula is C23H30O4. The quantitative estimate of drug-likeness (QED) is 0.501. The molecule has 0 unspecified atom stereocenters. The third-order valence-corrected chi connectivity index (χ3v) is 4.05. The van der Waals surface area contributed by atoms with E-state index in [2.05, 4.69) is 26.0 Å². The Morgan fingerprint density at radius 1 is 0.889 bits per heavy atom. The molecule has 2 aromatic carbocycles. The second kappa shape index (κ2) is 11.3. The Morgan fingerprint density at radius 3 is 2.37 bits per heavy atom. The normalized spacial score (nSPS) is 11.1. The fourth-order valence-corrected chi connectivity index (χ4v) is 2.59. The Labute approximate surface area is 162 Å². The van der Waals surface area contributed by atoms with Crippen LogP contribution in [0.5, 0.6) is 17.2 Å². The molecule has 0 atom stereocenters. The molecule has 0 saturated heterocycles. The SMILES string of the molecule is CC=Cc1ccc(OCCOCCOc2cccc(C(C)C)c2)c(OC)c1. The van der Waals surface area contributed by atoms with Crippen LogP contribution in [0.4, 0.5) is 0 Å². The zero-order valence-electron chi connectivity index (χ0n) is 16.7. The second-order valence-electron chi connectivity index (χ2n) is 6.45. The van der Waals surface area contributed by atoms with Crippen LogP contribution >= 0.6 is 0 Å². The molecule has 27 heavy (non-hydrogen) atoms.